The van der Waals surface area contributed by atoms with Crippen molar-refractivity contribution in [1.29, 1.82) is 0 Å². The van der Waals surface area contributed by atoms with Gasteiger partial charge in [-0.3, -0.25) is 4.98 Å². The fourth-order valence-electron chi connectivity index (χ4n) is 3.09. The SMILES string of the molecule is CCCCc1ccc(-c2ccc3ncc(-c4noc(C)n4)cc3c2)cc1. The van der Waals surface area contributed by atoms with Crippen molar-refractivity contribution in [3.05, 3.63) is 66.2 Å². The third-order valence-electron chi connectivity index (χ3n) is 4.57. The quantitative estimate of drug-likeness (QED) is 0.473. The molecule has 0 bridgehead atoms. The highest BCUT2D eigenvalue weighted by Gasteiger charge is 2.08. The van der Waals surface area contributed by atoms with Gasteiger partial charge in [-0.15, -0.1) is 0 Å². The van der Waals surface area contributed by atoms with Crippen LogP contribution in [0.15, 0.2) is 59.3 Å². The molecule has 0 aliphatic heterocycles. The van der Waals surface area contributed by atoms with Crippen molar-refractivity contribution in [2.75, 3.05) is 0 Å². The van der Waals surface area contributed by atoms with E-state index in [0.717, 1.165) is 22.9 Å². The topological polar surface area (TPSA) is 51.8 Å². The Bertz CT molecular complexity index is 1030. The van der Waals surface area contributed by atoms with Gasteiger partial charge in [0.25, 0.3) is 0 Å². The number of unbranched alkanes of at least 4 members (excludes halogenated alkanes) is 1. The fraction of sp³-hybridized carbons (Fsp3) is 0.227. The number of benzene rings is 2. The van der Waals surface area contributed by atoms with Gasteiger partial charge >= 0.3 is 0 Å². The summed E-state index contributed by atoms with van der Waals surface area (Å²) in [5.74, 6) is 1.12. The summed E-state index contributed by atoms with van der Waals surface area (Å²) >= 11 is 0. The average molecular weight is 343 g/mol. The van der Waals surface area contributed by atoms with Crippen LogP contribution in [0.5, 0.6) is 0 Å². The summed E-state index contributed by atoms with van der Waals surface area (Å²) in [7, 11) is 0. The molecule has 0 N–H and O–H groups in total. The van der Waals surface area contributed by atoms with Gasteiger partial charge in [0, 0.05) is 24.1 Å². The second-order valence-electron chi connectivity index (χ2n) is 6.57. The molecule has 0 saturated heterocycles. The van der Waals surface area contributed by atoms with Crippen LogP contribution in [0.25, 0.3) is 33.4 Å². The molecular formula is C22H21N3O. The first-order valence-corrected chi connectivity index (χ1v) is 9.03. The monoisotopic (exact) mass is 343 g/mol. The maximum atomic E-state index is 5.07. The summed E-state index contributed by atoms with van der Waals surface area (Å²) in [4.78, 5) is 8.81. The van der Waals surface area contributed by atoms with E-state index < -0.39 is 0 Å². The van der Waals surface area contributed by atoms with Crippen LogP contribution in [0.2, 0.25) is 0 Å². The van der Waals surface area contributed by atoms with Gasteiger partial charge in [0.15, 0.2) is 0 Å². The van der Waals surface area contributed by atoms with Crippen molar-refractivity contribution in [2.24, 2.45) is 0 Å². The second kappa shape index (κ2) is 7.08. The Balaban J connectivity index is 1.67. The fourth-order valence-corrected chi connectivity index (χ4v) is 3.09. The van der Waals surface area contributed by atoms with Crippen LogP contribution in [0.3, 0.4) is 0 Å². The van der Waals surface area contributed by atoms with E-state index in [2.05, 4.69) is 70.6 Å². The molecule has 0 atom stereocenters. The molecule has 4 rings (SSSR count). The van der Waals surface area contributed by atoms with Crippen molar-refractivity contribution >= 4 is 10.9 Å². The Morgan fingerprint density at radius 2 is 1.69 bits per heavy atom. The molecular weight excluding hydrogens is 322 g/mol. The van der Waals surface area contributed by atoms with E-state index in [0.29, 0.717) is 11.7 Å². The minimum atomic E-state index is 0.553. The first-order chi connectivity index (χ1) is 12.7. The van der Waals surface area contributed by atoms with Crippen LogP contribution in [-0.2, 0) is 6.42 Å². The number of rotatable bonds is 5. The van der Waals surface area contributed by atoms with E-state index in [9.17, 15) is 0 Å². The molecule has 2 aromatic heterocycles. The van der Waals surface area contributed by atoms with Gasteiger partial charge < -0.3 is 4.52 Å². The van der Waals surface area contributed by atoms with Crippen LogP contribution in [0, 0.1) is 6.92 Å². The number of pyridine rings is 1. The van der Waals surface area contributed by atoms with Crippen LogP contribution in [0.4, 0.5) is 0 Å². The summed E-state index contributed by atoms with van der Waals surface area (Å²) in [6.07, 6.45) is 5.39. The summed E-state index contributed by atoms with van der Waals surface area (Å²) in [6.45, 7) is 4.01. The summed E-state index contributed by atoms with van der Waals surface area (Å²) < 4.78 is 5.07. The first kappa shape index (κ1) is 16.5. The lowest BCUT2D eigenvalue weighted by molar-refractivity contribution is 0.394. The number of hydrogen-bond acceptors (Lipinski definition) is 4. The molecule has 0 spiro atoms. The highest BCUT2D eigenvalue weighted by atomic mass is 16.5. The summed E-state index contributed by atoms with van der Waals surface area (Å²) in [5, 5.41) is 5.05. The molecule has 0 radical (unpaired) electrons. The van der Waals surface area contributed by atoms with Crippen molar-refractivity contribution in [2.45, 2.75) is 33.1 Å². The van der Waals surface area contributed by atoms with E-state index in [-0.39, 0.29) is 0 Å². The number of fused-ring (bicyclic) bond motifs is 1. The third-order valence-corrected chi connectivity index (χ3v) is 4.57. The predicted molar refractivity (Wildman–Crippen MR) is 104 cm³/mol. The zero-order chi connectivity index (χ0) is 17.9. The zero-order valence-electron chi connectivity index (χ0n) is 15.1. The van der Waals surface area contributed by atoms with Gasteiger partial charge in [-0.2, -0.15) is 4.98 Å². The summed E-state index contributed by atoms with van der Waals surface area (Å²) in [6, 6.07) is 17.3. The lowest BCUT2D eigenvalue weighted by atomic mass is 10.00. The van der Waals surface area contributed by atoms with Gasteiger partial charge in [-0.1, -0.05) is 48.8 Å². The molecule has 2 heterocycles. The molecule has 0 unspecified atom stereocenters. The van der Waals surface area contributed by atoms with E-state index in [1.807, 2.05) is 0 Å². The average Bonchev–Trinajstić information content (AvgIpc) is 3.12. The van der Waals surface area contributed by atoms with Crippen molar-refractivity contribution in [3.63, 3.8) is 0 Å². The Hall–Kier alpha value is -3.01. The van der Waals surface area contributed by atoms with E-state index >= 15 is 0 Å². The molecule has 0 amide bonds. The zero-order valence-corrected chi connectivity index (χ0v) is 15.1. The molecule has 26 heavy (non-hydrogen) atoms. The highest BCUT2D eigenvalue weighted by Crippen LogP contribution is 2.26. The van der Waals surface area contributed by atoms with E-state index in [4.69, 9.17) is 4.52 Å². The number of aromatic nitrogens is 3. The van der Waals surface area contributed by atoms with Crippen LogP contribution < -0.4 is 0 Å². The smallest absolute Gasteiger partial charge is 0.223 e. The predicted octanol–water partition coefficient (Wildman–Crippen LogP) is 5.60. The number of aryl methyl sites for hydroxylation is 2. The maximum Gasteiger partial charge on any atom is 0.223 e. The molecule has 4 aromatic rings. The molecule has 4 heteroatoms. The van der Waals surface area contributed by atoms with Gasteiger partial charge in [0.05, 0.1) is 5.52 Å². The Morgan fingerprint density at radius 1 is 0.923 bits per heavy atom. The van der Waals surface area contributed by atoms with Crippen molar-refractivity contribution in [3.8, 4) is 22.5 Å². The third kappa shape index (κ3) is 3.36. The van der Waals surface area contributed by atoms with Gasteiger partial charge in [0.2, 0.25) is 11.7 Å². The van der Waals surface area contributed by atoms with Crippen LogP contribution >= 0.6 is 0 Å². The molecule has 2 aromatic carbocycles. The minimum absolute atomic E-state index is 0.553. The maximum absolute atomic E-state index is 5.07. The number of hydrogen-bond donors (Lipinski definition) is 0. The van der Waals surface area contributed by atoms with Crippen molar-refractivity contribution < 1.29 is 4.52 Å². The minimum Gasteiger partial charge on any atom is -0.339 e. The molecule has 130 valence electrons. The molecule has 0 aliphatic carbocycles. The second-order valence-corrected chi connectivity index (χ2v) is 6.57. The lowest BCUT2D eigenvalue weighted by Crippen LogP contribution is -1.87. The van der Waals surface area contributed by atoms with E-state index in [1.54, 1.807) is 13.1 Å². The summed E-state index contributed by atoms with van der Waals surface area (Å²) in [5.41, 5.74) is 5.61. The molecule has 0 saturated carbocycles. The highest BCUT2D eigenvalue weighted by molar-refractivity contribution is 5.87. The standard InChI is InChI=1S/C22H21N3O/c1-3-4-5-16-6-8-17(9-7-16)18-10-11-21-19(12-18)13-20(14-23-21)22-24-15(2)26-25-22/h6-14H,3-5H2,1-2H3. The van der Waals surface area contributed by atoms with Crippen LogP contribution in [-0.4, -0.2) is 15.1 Å². The van der Waals surface area contributed by atoms with Crippen molar-refractivity contribution in [1.82, 2.24) is 15.1 Å². The first-order valence-electron chi connectivity index (χ1n) is 9.03. The molecule has 0 aliphatic rings. The van der Waals surface area contributed by atoms with Gasteiger partial charge in [-0.05, 0) is 47.7 Å². The molecule has 0 fully saturated rings. The largest absolute Gasteiger partial charge is 0.339 e. The lowest BCUT2D eigenvalue weighted by Gasteiger charge is -2.06. The Morgan fingerprint density at radius 3 is 2.42 bits per heavy atom. The Labute approximate surface area is 152 Å². The van der Waals surface area contributed by atoms with Crippen LogP contribution in [0.1, 0.15) is 31.2 Å². The normalized spacial score (nSPS) is 11.2. The van der Waals surface area contributed by atoms with E-state index in [1.165, 1.54) is 29.5 Å². The van der Waals surface area contributed by atoms with Gasteiger partial charge in [-0.25, -0.2) is 0 Å². The number of nitrogens with zero attached hydrogens (tertiary/aromatic N) is 3. The Kier molecular flexibility index (Phi) is 4.48. The molecule has 4 nitrogen and oxygen atoms in total. The van der Waals surface area contributed by atoms with Gasteiger partial charge in [0.1, 0.15) is 0 Å².